The maximum atomic E-state index is 13.0. The molecule has 18 heteroatoms. The second-order valence-corrected chi connectivity index (χ2v) is 12.2. The first-order valence-corrected chi connectivity index (χ1v) is 16.3. The summed E-state index contributed by atoms with van der Waals surface area (Å²) in [5.41, 5.74) is 1.64. The van der Waals surface area contributed by atoms with Crippen LogP contribution in [0.5, 0.6) is 0 Å². The fourth-order valence-corrected chi connectivity index (χ4v) is 5.72. The highest BCUT2D eigenvalue weighted by Gasteiger charge is 2.33. The van der Waals surface area contributed by atoms with Crippen molar-refractivity contribution >= 4 is 52.2 Å². The van der Waals surface area contributed by atoms with E-state index in [0.29, 0.717) is 68.7 Å². The Kier molecular flexibility index (Phi) is 13.9. The number of ether oxygens (including phenoxy) is 1. The molecule has 2 saturated heterocycles. The number of hydroxylamine groups is 2. The molecule has 3 amide bonds. The molecule has 4 rings (SSSR count). The van der Waals surface area contributed by atoms with Crippen LogP contribution >= 0.6 is 0 Å². The van der Waals surface area contributed by atoms with Gasteiger partial charge in [-0.1, -0.05) is 0 Å². The zero-order valence-electron chi connectivity index (χ0n) is 27.9. The number of hydrogen-bond donors (Lipinski definition) is 4. The monoisotopic (exact) mass is 701 g/mol. The van der Waals surface area contributed by atoms with Crippen LogP contribution in [0.4, 0.5) is 5.69 Å². The number of imide groups is 1. The third kappa shape index (κ3) is 12.0. The molecule has 0 spiro atoms. The van der Waals surface area contributed by atoms with Crippen molar-refractivity contribution in [3.8, 4) is 0 Å². The molecule has 0 saturated carbocycles. The van der Waals surface area contributed by atoms with Gasteiger partial charge in [0.15, 0.2) is 0 Å². The number of carboxylic acids is 2. The van der Waals surface area contributed by atoms with Crippen molar-refractivity contribution in [3.05, 3.63) is 40.2 Å². The third-order valence-corrected chi connectivity index (χ3v) is 8.27. The lowest BCUT2D eigenvalue weighted by Gasteiger charge is -2.29. The Bertz CT molecular complexity index is 1620. The van der Waals surface area contributed by atoms with E-state index in [1.807, 2.05) is 11.8 Å². The molecule has 0 radical (unpaired) electrons. The number of pyridine rings is 1. The number of rotatable bonds is 16. The molecule has 50 heavy (non-hydrogen) atoms. The van der Waals surface area contributed by atoms with Gasteiger partial charge in [-0.25, -0.2) is 4.79 Å². The summed E-state index contributed by atoms with van der Waals surface area (Å²) in [5.74, 6) is -4.82. The van der Waals surface area contributed by atoms with E-state index in [1.54, 1.807) is 18.2 Å². The summed E-state index contributed by atoms with van der Waals surface area (Å²) in [6, 6.07) is 6.57. The van der Waals surface area contributed by atoms with E-state index in [2.05, 4.69) is 15.2 Å². The predicted molar refractivity (Wildman–Crippen MR) is 177 cm³/mol. The van der Waals surface area contributed by atoms with Crippen LogP contribution in [-0.4, -0.2) is 167 Å². The summed E-state index contributed by atoms with van der Waals surface area (Å²) in [4.78, 5) is 98.5. The average Bonchev–Trinajstić information content (AvgIpc) is 3.40. The number of hydrogen-bond acceptors (Lipinski definition) is 13. The quantitative estimate of drug-likeness (QED) is 0.151. The maximum absolute atomic E-state index is 13.0. The second kappa shape index (κ2) is 18.3. The largest absolute Gasteiger partial charge is 0.480 e. The Hall–Kier alpha value is -4.75. The van der Waals surface area contributed by atoms with Gasteiger partial charge < -0.3 is 30.1 Å². The van der Waals surface area contributed by atoms with Crippen molar-refractivity contribution in [2.75, 3.05) is 97.1 Å². The number of amides is 3. The van der Waals surface area contributed by atoms with Crippen molar-refractivity contribution in [2.45, 2.75) is 19.8 Å². The number of fused-ring (bicyclic) bond motifs is 1. The third-order valence-electron chi connectivity index (χ3n) is 8.27. The molecule has 0 aliphatic carbocycles. The summed E-state index contributed by atoms with van der Waals surface area (Å²) >= 11 is 0. The van der Waals surface area contributed by atoms with Gasteiger partial charge in [-0.2, -0.15) is 0 Å². The number of carbonyl (C=O) groups is 6. The van der Waals surface area contributed by atoms with Gasteiger partial charge in [0.25, 0.3) is 11.8 Å². The van der Waals surface area contributed by atoms with E-state index in [4.69, 9.17) is 9.57 Å². The summed E-state index contributed by atoms with van der Waals surface area (Å²) in [6.45, 7) is 4.82. The first kappa shape index (κ1) is 38.1. The Morgan fingerprint density at radius 3 is 2.00 bits per heavy atom. The fourth-order valence-electron chi connectivity index (χ4n) is 5.72. The van der Waals surface area contributed by atoms with Crippen LogP contribution in [0.15, 0.2) is 29.1 Å². The minimum absolute atomic E-state index is 0.0531. The molecule has 18 nitrogen and oxygen atoms in total. The van der Waals surface area contributed by atoms with Crippen molar-refractivity contribution in [3.63, 3.8) is 0 Å². The molecule has 2 aromatic rings. The normalized spacial score (nSPS) is 16.4. The average molecular weight is 702 g/mol. The van der Waals surface area contributed by atoms with Crippen LogP contribution in [0.25, 0.3) is 10.9 Å². The van der Waals surface area contributed by atoms with E-state index >= 15 is 0 Å². The summed E-state index contributed by atoms with van der Waals surface area (Å²) in [6.07, 6.45) is -0.106. The van der Waals surface area contributed by atoms with E-state index in [-0.39, 0.29) is 44.6 Å². The number of aromatic amines is 1. The first-order chi connectivity index (χ1) is 23.9. The molecule has 2 aliphatic heterocycles. The Morgan fingerprint density at radius 1 is 0.840 bits per heavy atom. The topological polar surface area (TPSA) is 222 Å². The molecule has 0 bridgehead atoms. The van der Waals surface area contributed by atoms with Crippen molar-refractivity contribution in [1.29, 1.82) is 0 Å². The lowest BCUT2D eigenvalue weighted by atomic mass is 10.1. The molecule has 1 aromatic carbocycles. The van der Waals surface area contributed by atoms with Gasteiger partial charge in [0.2, 0.25) is 11.5 Å². The molecule has 0 atom stereocenters. The molecule has 272 valence electrons. The van der Waals surface area contributed by atoms with Gasteiger partial charge in [-0.3, -0.25) is 48.4 Å². The van der Waals surface area contributed by atoms with Crippen LogP contribution in [0.1, 0.15) is 18.4 Å². The molecular weight excluding hydrogens is 658 g/mol. The highest BCUT2D eigenvalue weighted by molar-refractivity contribution is 6.01. The van der Waals surface area contributed by atoms with E-state index in [1.165, 1.54) is 15.9 Å². The van der Waals surface area contributed by atoms with Crippen LogP contribution in [0.2, 0.25) is 0 Å². The Morgan fingerprint density at radius 2 is 1.42 bits per heavy atom. The minimum atomic E-state index is -1.16. The fraction of sp³-hybridized carbons (Fsp3) is 0.531. The Balaban J connectivity index is 1.29. The zero-order chi connectivity index (χ0) is 36.2. The maximum Gasteiger partial charge on any atom is 0.347 e. The first-order valence-electron chi connectivity index (χ1n) is 16.3. The number of benzene rings is 1. The Labute approximate surface area is 287 Å². The van der Waals surface area contributed by atoms with E-state index in [9.17, 15) is 43.8 Å². The number of aryl methyl sites for hydroxylation is 1. The van der Waals surface area contributed by atoms with Gasteiger partial charge in [0, 0.05) is 82.3 Å². The zero-order valence-corrected chi connectivity index (χ0v) is 27.9. The van der Waals surface area contributed by atoms with Gasteiger partial charge in [0.1, 0.15) is 6.54 Å². The SMILES string of the molecule is Cc1cc(NC(=O)CN(CCN2CCOCCN(CCN(CC(=O)O)CC(=O)ON3C(=O)CCC3=O)CC2)CC(=O)O)cc2[nH]c(=O)ccc12. The van der Waals surface area contributed by atoms with E-state index in [0.717, 1.165) is 10.9 Å². The molecule has 4 N–H and O–H groups in total. The van der Waals surface area contributed by atoms with E-state index < -0.39 is 48.7 Å². The van der Waals surface area contributed by atoms with Gasteiger partial charge in [0.05, 0.1) is 38.4 Å². The van der Waals surface area contributed by atoms with Crippen LogP contribution in [-0.2, 0) is 38.3 Å². The number of anilines is 1. The number of aromatic nitrogens is 1. The predicted octanol–water partition coefficient (Wildman–Crippen LogP) is -1.21. The lowest BCUT2D eigenvalue weighted by Crippen LogP contribution is -2.45. The highest BCUT2D eigenvalue weighted by atomic mass is 16.7. The number of aliphatic carboxylic acids is 2. The van der Waals surface area contributed by atoms with Gasteiger partial charge in [-0.05, 0) is 30.7 Å². The van der Waals surface area contributed by atoms with Gasteiger partial charge in [-0.15, -0.1) is 5.06 Å². The number of nitrogens with one attached hydrogen (secondary N) is 2. The number of nitrogens with zero attached hydrogens (tertiary/aromatic N) is 5. The second-order valence-electron chi connectivity index (χ2n) is 12.2. The summed E-state index contributed by atoms with van der Waals surface area (Å²) < 4.78 is 5.77. The molecule has 2 fully saturated rings. The van der Waals surface area contributed by atoms with Crippen LogP contribution in [0, 0.1) is 6.92 Å². The van der Waals surface area contributed by atoms with Crippen molar-refractivity contribution in [1.82, 2.24) is 29.6 Å². The smallest absolute Gasteiger partial charge is 0.347 e. The van der Waals surface area contributed by atoms with Crippen molar-refractivity contribution < 1.29 is 48.6 Å². The minimum Gasteiger partial charge on any atom is -0.480 e. The van der Waals surface area contributed by atoms with Crippen LogP contribution < -0.4 is 10.9 Å². The molecule has 1 aromatic heterocycles. The lowest BCUT2D eigenvalue weighted by molar-refractivity contribution is -0.198. The standard InChI is InChI=1S/C32H43N7O11/c1-22-16-23(17-25-24(22)2-3-26(40)34-25)33-27(41)18-37(19-30(44)45)10-8-35-6-7-36(13-15-49-14-12-35)9-11-38(20-31(46)47)21-32(48)50-39-28(42)4-5-29(39)43/h2-3,16-17H,4-15,18-21H2,1H3,(H,33,41)(H,34,40)(H,44,45)(H,46,47). The van der Waals surface area contributed by atoms with Gasteiger partial charge >= 0.3 is 17.9 Å². The summed E-state index contributed by atoms with van der Waals surface area (Å²) in [7, 11) is 0. The number of carboxylic acid groups (broad SMARTS) is 2. The number of H-pyrrole nitrogens is 1. The molecule has 3 heterocycles. The van der Waals surface area contributed by atoms with Crippen molar-refractivity contribution in [2.24, 2.45) is 0 Å². The summed E-state index contributed by atoms with van der Waals surface area (Å²) in [5, 5.41) is 23.0. The molecule has 2 aliphatic rings. The van der Waals surface area contributed by atoms with Crippen LogP contribution in [0.3, 0.4) is 0 Å². The molecule has 0 unspecified atom stereocenters. The molecular formula is C32H43N7O11. The number of carbonyl (C=O) groups excluding carboxylic acids is 4. The highest BCUT2D eigenvalue weighted by Crippen LogP contribution is 2.21.